The molecule has 0 aromatic heterocycles. The molecule has 0 bridgehead atoms. The second kappa shape index (κ2) is 7.97. The summed E-state index contributed by atoms with van der Waals surface area (Å²) in [6.45, 7) is 3.90. The Labute approximate surface area is 150 Å². The molecule has 0 spiro atoms. The molecule has 5 nitrogen and oxygen atoms in total. The summed E-state index contributed by atoms with van der Waals surface area (Å²) in [4.78, 5) is 24.0. The van der Waals surface area contributed by atoms with E-state index in [-0.39, 0.29) is 18.4 Å². The summed E-state index contributed by atoms with van der Waals surface area (Å²) in [5.74, 6) is -0.295. The van der Waals surface area contributed by atoms with Gasteiger partial charge in [-0.1, -0.05) is 22.0 Å². The Balaban J connectivity index is 2.03. The maximum Gasteiger partial charge on any atom is 0.251 e. The summed E-state index contributed by atoms with van der Waals surface area (Å²) in [5, 5.41) is 8.56. The first kappa shape index (κ1) is 18.0. The number of carbonyl (C=O) groups is 2. The zero-order chi connectivity index (χ0) is 17.7. The highest BCUT2D eigenvalue weighted by Gasteiger charge is 2.11. The van der Waals surface area contributed by atoms with Gasteiger partial charge in [0.1, 0.15) is 0 Å². The Morgan fingerprint density at radius 3 is 2.50 bits per heavy atom. The van der Waals surface area contributed by atoms with E-state index < -0.39 is 0 Å². The topological polar surface area (TPSA) is 70.2 Å². The van der Waals surface area contributed by atoms with Crippen molar-refractivity contribution in [3.63, 3.8) is 0 Å². The second-order valence-electron chi connectivity index (χ2n) is 5.42. The fourth-order valence-electron chi connectivity index (χ4n) is 2.35. The Kier molecular flexibility index (Phi) is 5.98. The van der Waals surface area contributed by atoms with Crippen molar-refractivity contribution in [3.05, 3.63) is 57.6 Å². The van der Waals surface area contributed by atoms with Gasteiger partial charge in [-0.15, -0.1) is 0 Å². The molecule has 3 N–H and O–H groups in total. The average Bonchev–Trinajstić information content (AvgIpc) is 2.56. The second-order valence-corrected chi connectivity index (χ2v) is 6.33. The first-order valence-electron chi connectivity index (χ1n) is 7.54. The monoisotopic (exact) mass is 389 g/mol. The van der Waals surface area contributed by atoms with Gasteiger partial charge < -0.3 is 16.0 Å². The quantitative estimate of drug-likeness (QED) is 0.732. The molecule has 0 radical (unpaired) electrons. The van der Waals surface area contributed by atoms with E-state index in [2.05, 4.69) is 31.9 Å². The van der Waals surface area contributed by atoms with Crippen LogP contribution < -0.4 is 16.0 Å². The summed E-state index contributed by atoms with van der Waals surface area (Å²) >= 11 is 3.40. The van der Waals surface area contributed by atoms with E-state index >= 15 is 0 Å². The van der Waals surface area contributed by atoms with Gasteiger partial charge in [0.05, 0.1) is 6.54 Å². The molecule has 0 fully saturated rings. The van der Waals surface area contributed by atoms with Crippen LogP contribution in [-0.4, -0.2) is 25.4 Å². The van der Waals surface area contributed by atoms with Gasteiger partial charge in [0.25, 0.3) is 5.91 Å². The van der Waals surface area contributed by atoms with Crippen molar-refractivity contribution >= 4 is 39.1 Å². The molecular weight excluding hydrogens is 370 g/mol. The van der Waals surface area contributed by atoms with Crippen molar-refractivity contribution < 1.29 is 9.59 Å². The van der Waals surface area contributed by atoms with Gasteiger partial charge in [0, 0.05) is 28.5 Å². The van der Waals surface area contributed by atoms with Crippen LogP contribution in [-0.2, 0) is 4.79 Å². The minimum atomic E-state index is -0.148. The first-order valence-corrected chi connectivity index (χ1v) is 8.33. The molecule has 0 saturated heterocycles. The average molecular weight is 390 g/mol. The molecule has 0 aliphatic heterocycles. The molecule has 126 valence electrons. The summed E-state index contributed by atoms with van der Waals surface area (Å²) in [5.41, 5.74) is 3.92. The highest BCUT2D eigenvalue weighted by Crippen LogP contribution is 2.21. The number of amides is 2. The van der Waals surface area contributed by atoms with E-state index in [9.17, 15) is 9.59 Å². The number of halogens is 1. The van der Waals surface area contributed by atoms with Gasteiger partial charge in [0.2, 0.25) is 5.91 Å². The van der Waals surface area contributed by atoms with Gasteiger partial charge in [-0.3, -0.25) is 9.59 Å². The molecule has 0 heterocycles. The normalized spacial score (nSPS) is 10.2. The van der Waals surface area contributed by atoms with E-state index in [1.54, 1.807) is 19.2 Å². The summed E-state index contributed by atoms with van der Waals surface area (Å²) < 4.78 is 0.970. The Morgan fingerprint density at radius 2 is 1.83 bits per heavy atom. The van der Waals surface area contributed by atoms with Crippen LogP contribution >= 0.6 is 15.9 Å². The highest BCUT2D eigenvalue weighted by atomic mass is 79.9. The zero-order valence-corrected chi connectivity index (χ0v) is 15.5. The van der Waals surface area contributed by atoms with Crippen molar-refractivity contribution in [2.24, 2.45) is 0 Å². The van der Waals surface area contributed by atoms with Crippen molar-refractivity contribution in [3.8, 4) is 0 Å². The fourth-order valence-corrected chi connectivity index (χ4v) is 2.82. The van der Waals surface area contributed by atoms with Crippen molar-refractivity contribution in [2.75, 3.05) is 24.2 Å². The molecule has 0 saturated carbocycles. The first-order chi connectivity index (χ1) is 11.4. The van der Waals surface area contributed by atoms with Crippen LogP contribution in [0.1, 0.15) is 21.5 Å². The number of benzene rings is 2. The lowest BCUT2D eigenvalue weighted by atomic mass is 10.1. The SMILES string of the molecule is CNC(=O)c1cccc(NCC(=O)Nc2ccc(Br)cc2C)c1C. The summed E-state index contributed by atoms with van der Waals surface area (Å²) in [7, 11) is 1.59. The van der Waals surface area contributed by atoms with E-state index in [1.165, 1.54) is 0 Å². The van der Waals surface area contributed by atoms with Crippen LogP contribution in [0.15, 0.2) is 40.9 Å². The molecule has 2 amide bonds. The molecule has 0 unspecified atom stereocenters. The Hall–Kier alpha value is -2.34. The van der Waals surface area contributed by atoms with Crippen LogP contribution in [0.25, 0.3) is 0 Å². The number of hydrogen-bond acceptors (Lipinski definition) is 3. The number of carbonyl (C=O) groups excluding carboxylic acids is 2. The van der Waals surface area contributed by atoms with E-state index in [1.807, 2.05) is 38.1 Å². The fraction of sp³-hybridized carbons (Fsp3) is 0.222. The van der Waals surface area contributed by atoms with Gasteiger partial charge in [-0.05, 0) is 55.3 Å². The number of nitrogens with one attached hydrogen (secondary N) is 3. The van der Waals surface area contributed by atoms with Gasteiger partial charge in [-0.25, -0.2) is 0 Å². The molecule has 0 aliphatic carbocycles. The van der Waals surface area contributed by atoms with E-state index in [4.69, 9.17) is 0 Å². The third kappa shape index (κ3) is 4.35. The lowest BCUT2D eigenvalue weighted by Crippen LogP contribution is -2.23. The standard InChI is InChI=1S/C18H20BrN3O2/c1-11-9-13(19)7-8-15(11)22-17(23)10-21-16-6-4-5-14(12(16)2)18(24)20-3/h4-9,21H,10H2,1-3H3,(H,20,24)(H,22,23). The van der Waals surface area contributed by atoms with Gasteiger partial charge >= 0.3 is 0 Å². The number of rotatable bonds is 5. The van der Waals surface area contributed by atoms with Crippen LogP contribution in [0, 0.1) is 13.8 Å². The highest BCUT2D eigenvalue weighted by molar-refractivity contribution is 9.10. The molecule has 24 heavy (non-hydrogen) atoms. The van der Waals surface area contributed by atoms with Crippen molar-refractivity contribution in [1.82, 2.24) is 5.32 Å². The lowest BCUT2D eigenvalue weighted by Gasteiger charge is -2.13. The summed E-state index contributed by atoms with van der Waals surface area (Å²) in [6, 6.07) is 11.1. The van der Waals surface area contributed by atoms with Gasteiger partial charge in [0.15, 0.2) is 0 Å². The number of aryl methyl sites for hydroxylation is 1. The minimum absolute atomic E-state index is 0.119. The lowest BCUT2D eigenvalue weighted by molar-refractivity contribution is -0.114. The summed E-state index contributed by atoms with van der Waals surface area (Å²) in [6.07, 6.45) is 0. The van der Waals surface area contributed by atoms with Crippen LogP contribution in [0.2, 0.25) is 0 Å². The number of hydrogen-bond donors (Lipinski definition) is 3. The number of anilines is 2. The molecule has 2 aromatic rings. The predicted molar refractivity (Wildman–Crippen MR) is 101 cm³/mol. The molecule has 2 aromatic carbocycles. The largest absolute Gasteiger partial charge is 0.376 e. The Bertz CT molecular complexity index is 775. The molecule has 2 rings (SSSR count). The van der Waals surface area contributed by atoms with Crippen LogP contribution in [0.4, 0.5) is 11.4 Å². The van der Waals surface area contributed by atoms with E-state index in [0.29, 0.717) is 5.56 Å². The van der Waals surface area contributed by atoms with Gasteiger partial charge in [-0.2, -0.15) is 0 Å². The predicted octanol–water partition coefficient (Wildman–Crippen LogP) is 3.48. The van der Waals surface area contributed by atoms with Crippen molar-refractivity contribution in [2.45, 2.75) is 13.8 Å². The maximum absolute atomic E-state index is 12.1. The van der Waals surface area contributed by atoms with Crippen molar-refractivity contribution in [1.29, 1.82) is 0 Å². The minimum Gasteiger partial charge on any atom is -0.376 e. The third-order valence-corrected chi connectivity index (χ3v) is 4.20. The molecule has 0 atom stereocenters. The van der Waals surface area contributed by atoms with Crippen LogP contribution in [0.3, 0.4) is 0 Å². The van der Waals surface area contributed by atoms with E-state index in [0.717, 1.165) is 27.0 Å². The third-order valence-electron chi connectivity index (χ3n) is 3.71. The Morgan fingerprint density at radius 1 is 1.08 bits per heavy atom. The zero-order valence-electron chi connectivity index (χ0n) is 13.9. The molecular formula is C18H20BrN3O2. The molecule has 0 aliphatic rings. The van der Waals surface area contributed by atoms with Crippen LogP contribution in [0.5, 0.6) is 0 Å². The smallest absolute Gasteiger partial charge is 0.251 e. The maximum atomic E-state index is 12.1. The molecule has 6 heteroatoms.